The van der Waals surface area contributed by atoms with Gasteiger partial charge in [0.15, 0.2) is 0 Å². The highest BCUT2D eigenvalue weighted by atomic mass is 14.0. The first-order valence-electron chi connectivity index (χ1n) is 6.37. The van der Waals surface area contributed by atoms with Crippen molar-refractivity contribution in [3.05, 3.63) is 91.0 Å². The van der Waals surface area contributed by atoms with E-state index in [1.54, 1.807) is 6.08 Å². The minimum atomic E-state index is 1.09. The van der Waals surface area contributed by atoms with Gasteiger partial charge in [0.1, 0.15) is 0 Å². The second-order valence-electron chi connectivity index (χ2n) is 4.51. The van der Waals surface area contributed by atoms with E-state index in [0.717, 1.165) is 11.1 Å². The van der Waals surface area contributed by atoms with E-state index in [2.05, 4.69) is 68.6 Å². The van der Waals surface area contributed by atoms with Crippen LogP contribution in [-0.4, -0.2) is 0 Å². The molecule has 19 heavy (non-hydrogen) atoms. The van der Waals surface area contributed by atoms with E-state index in [0.29, 0.717) is 0 Å². The van der Waals surface area contributed by atoms with E-state index in [1.165, 1.54) is 16.7 Å². The van der Waals surface area contributed by atoms with Crippen LogP contribution >= 0.6 is 0 Å². The Kier molecular flexibility index (Phi) is 4.15. The summed E-state index contributed by atoms with van der Waals surface area (Å²) in [4.78, 5) is 0. The van der Waals surface area contributed by atoms with Gasteiger partial charge < -0.3 is 0 Å². The molecule has 0 nitrogen and oxygen atoms in total. The van der Waals surface area contributed by atoms with Crippen molar-refractivity contribution < 1.29 is 0 Å². The normalized spacial score (nSPS) is 11.1. The Labute approximate surface area is 115 Å². The quantitative estimate of drug-likeness (QED) is 0.632. The number of allylic oxidation sites excluding steroid dienone is 4. The Balaban J connectivity index is 2.32. The lowest BCUT2D eigenvalue weighted by atomic mass is 9.99. The van der Waals surface area contributed by atoms with Gasteiger partial charge in [-0.1, -0.05) is 85.5 Å². The molecule has 0 bridgehead atoms. The van der Waals surface area contributed by atoms with Crippen molar-refractivity contribution in [2.75, 3.05) is 0 Å². The second-order valence-corrected chi connectivity index (χ2v) is 4.51. The average Bonchev–Trinajstić information content (AvgIpc) is 2.46. The lowest BCUT2D eigenvalue weighted by Gasteiger charge is -2.05. The van der Waals surface area contributed by atoms with Crippen LogP contribution in [0, 0.1) is 6.92 Å². The van der Waals surface area contributed by atoms with Gasteiger partial charge in [-0.15, -0.1) is 0 Å². The van der Waals surface area contributed by atoms with Gasteiger partial charge in [0.2, 0.25) is 0 Å². The molecule has 0 heterocycles. The zero-order chi connectivity index (χ0) is 13.7. The van der Waals surface area contributed by atoms with Crippen molar-refractivity contribution in [2.45, 2.75) is 6.92 Å². The Hall–Kier alpha value is -2.34. The fourth-order valence-corrected chi connectivity index (χ4v) is 2.01. The van der Waals surface area contributed by atoms with Crippen molar-refractivity contribution in [1.82, 2.24) is 0 Å². The predicted octanol–water partition coefficient (Wildman–Crippen LogP) is 5.42. The molecule has 0 saturated carbocycles. The number of hydrogen-bond acceptors (Lipinski definition) is 0. The highest BCUT2D eigenvalue weighted by Crippen LogP contribution is 2.23. The molecule has 0 radical (unpaired) electrons. The van der Waals surface area contributed by atoms with E-state index < -0.39 is 0 Å². The van der Waals surface area contributed by atoms with Crippen LogP contribution in [0.1, 0.15) is 11.1 Å². The number of rotatable bonds is 4. The molecular weight excluding hydrogens is 228 g/mol. The lowest BCUT2D eigenvalue weighted by molar-refractivity contribution is 1.47. The Bertz CT molecular complexity index is 595. The Morgan fingerprint density at radius 1 is 0.842 bits per heavy atom. The molecular formula is C19H18. The maximum absolute atomic E-state index is 3.83. The van der Waals surface area contributed by atoms with Crippen LogP contribution in [0.2, 0.25) is 0 Å². The van der Waals surface area contributed by atoms with Crippen LogP contribution in [0.15, 0.2) is 79.9 Å². The first-order valence-corrected chi connectivity index (χ1v) is 6.37. The standard InChI is InChI=1S/C19H18/c1-4-6-16(5-2)17-11-13-19(14-12-17)18-9-7-15(3)8-10-18/h4-14H,1-2H2,3H3/b16-6+. The minimum Gasteiger partial charge on any atom is -0.0990 e. The smallest absolute Gasteiger partial charge is 0.0184 e. The SMILES string of the molecule is C=C/C=C(\C=C)c1ccc(-c2ccc(C)cc2)cc1. The first kappa shape index (κ1) is 13.1. The van der Waals surface area contributed by atoms with Gasteiger partial charge in [0.25, 0.3) is 0 Å². The average molecular weight is 246 g/mol. The third-order valence-electron chi connectivity index (χ3n) is 3.12. The molecule has 0 amide bonds. The monoisotopic (exact) mass is 246 g/mol. The van der Waals surface area contributed by atoms with Gasteiger partial charge in [0, 0.05) is 0 Å². The third-order valence-corrected chi connectivity index (χ3v) is 3.12. The van der Waals surface area contributed by atoms with Crippen molar-refractivity contribution in [2.24, 2.45) is 0 Å². The Morgan fingerprint density at radius 3 is 1.84 bits per heavy atom. The Morgan fingerprint density at radius 2 is 1.37 bits per heavy atom. The summed E-state index contributed by atoms with van der Waals surface area (Å²) in [6.45, 7) is 9.65. The van der Waals surface area contributed by atoms with Crippen LogP contribution in [0.3, 0.4) is 0 Å². The molecule has 0 atom stereocenters. The number of benzene rings is 2. The predicted molar refractivity (Wildman–Crippen MR) is 85.0 cm³/mol. The zero-order valence-electron chi connectivity index (χ0n) is 11.3. The van der Waals surface area contributed by atoms with Crippen LogP contribution < -0.4 is 0 Å². The third kappa shape index (κ3) is 3.11. The fraction of sp³-hybridized carbons (Fsp3) is 0.0526. The topological polar surface area (TPSA) is 0 Å². The molecule has 0 unspecified atom stereocenters. The number of hydrogen-bond donors (Lipinski definition) is 0. The summed E-state index contributed by atoms with van der Waals surface area (Å²) in [6.07, 6.45) is 5.60. The molecule has 0 aromatic heterocycles. The van der Waals surface area contributed by atoms with E-state index in [-0.39, 0.29) is 0 Å². The summed E-state index contributed by atoms with van der Waals surface area (Å²) < 4.78 is 0. The molecule has 0 aliphatic carbocycles. The van der Waals surface area contributed by atoms with Crippen LogP contribution in [0.25, 0.3) is 16.7 Å². The summed E-state index contributed by atoms with van der Waals surface area (Å²) in [5, 5.41) is 0. The van der Waals surface area contributed by atoms with Crippen molar-refractivity contribution in [3.8, 4) is 11.1 Å². The van der Waals surface area contributed by atoms with Crippen LogP contribution in [-0.2, 0) is 0 Å². The van der Waals surface area contributed by atoms with Crippen molar-refractivity contribution in [3.63, 3.8) is 0 Å². The van der Waals surface area contributed by atoms with Gasteiger partial charge in [-0.2, -0.15) is 0 Å². The zero-order valence-corrected chi connectivity index (χ0v) is 11.3. The molecule has 0 heteroatoms. The maximum Gasteiger partial charge on any atom is -0.0184 e. The van der Waals surface area contributed by atoms with Gasteiger partial charge in [-0.25, -0.2) is 0 Å². The fourth-order valence-electron chi connectivity index (χ4n) is 2.01. The molecule has 2 aromatic carbocycles. The van der Waals surface area contributed by atoms with Gasteiger partial charge in [-0.05, 0) is 29.2 Å². The van der Waals surface area contributed by atoms with Crippen molar-refractivity contribution in [1.29, 1.82) is 0 Å². The van der Waals surface area contributed by atoms with E-state index in [1.807, 2.05) is 12.2 Å². The second kappa shape index (κ2) is 6.01. The molecule has 0 spiro atoms. The molecule has 0 saturated heterocycles. The van der Waals surface area contributed by atoms with Gasteiger partial charge in [-0.3, -0.25) is 0 Å². The first-order chi connectivity index (χ1) is 9.24. The molecule has 0 N–H and O–H groups in total. The summed E-state index contributed by atoms with van der Waals surface area (Å²) in [6, 6.07) is 17.1. The highest BCUT2D eigenvalue weighted by Gasteiger charge is 1.99. The molecule has 94 valence electrons. The molecule has 0 aliphatic heterocycles. The lowest BCUT2D eigenvalue weighted by Crippen LogP contribution is -1.82. The maximum atomic E-state index is 3.83. The van der Waals surface area contributed by atoms with E-state index in [4.69, 9.17) is 0 Å². The van der Waals surface area contributed by atoms with Crippen molar-refractivity contribution >= 4 is 5.57 Å². The molecule has 2 aromatic rings. The summed E-state index contributed by atoms with van der Waals surface area (Å²) in [5.74, 6) is 0. The van der Waals surface area contributed by atoms with Gasteiger partial charge in [0.05, 0.1) is 0 Å². The summed E-state index contributed by atoms with van der Waals surface area (Å²) in [5.41, 5.74) is 6.00. The minimum absolute atomic E-state index is 1.09. The summed E-state index contributed by atoms with van der Waals surface area (Å²) in [7, 11) is 0. The highest BCUT2D eigenvalue weighted by molar-refractivity contribution is 5.76. The number of aryl methyl sites for hydroxylation is 1. The van der Waals surface area contributed by atoms with Crippen LogP contribution in [0.5, 0.6) is 0 Å². The van der Waals surface area contributed by atoms with Gasteiger partial charge >= 0.3 is 0 Å². The van der Waals surface area contributed by atoms with E-state index in [9.17, 15) is 0 Å². The van der Waals surface area contributed by atoms with Crippen LogP contribution in [0.4, 0.5) is 0 Å². The summed E-state index contributed by atoms with van der Waals surface area (Å²) >= 11 is 0. The molecule has 0 fully saturated rings. The molecule has 2 rings (SSSR count). The largest absolute Gasteiger partial charge is 0.0990 e. The van der Waals surface area contributed by atoms with E-state index >= 15 is 0 Å². The molecule has 0 aliphatic rings.